The summed E-state index contributed by atoms with van der Waals surface area (Å²) < 4.78 is 19.1. The Hall–Kier alpha value is -1.53. The van der Waals surface area contributed by atoms with Crippen LogP contribution in [0.3, 0.4) is 0 Å². The zero-order valence-electron chi connectivity index (χ0n) is 14.0. The highest BCUT2D eigenvalue weighted by atomic mass is 16.7. The van der Waals surface area contributed by atoms with Gasteiger partial charge in [0, 0.05) is 6.04 Å². The molecule has 1 fully saturated rings. The van der Waals surface area contributed by atoms with Crippen molar-refractivity contribution in [1.82, 2.24) is 4.57 Å². The molecule has 1 saturated heterocycles. The standard InChI is InChI=1S/C16H22BNO4/c1-10(2)18-12-9-11(7-8-13(12)20-14(18)19)17-21-15(3,4)16(5,6)22-17/h7-10H,1-6H3. The van der Waals surface area contributed by atoms with Gasteiger partial charge in [0.1, 0.15) is 0 Å². The molecular weight excluding hydrogens is 281 g/mol. The van der Waals surface area contributed by atoms with E-state index in [1.165, 1.54) is 0 Å². The predicted octanol–water partition coefficient (Wildman–Crippen LogP) is 2.47. The van der Waals surface area contributed by atoms with E-state index < -0.39 is 7.12 Å². The van der Waals surface area contributed by atoms with Crippen molar-refractivity contribution < 1.29 is 13.7 Å². The summed E-state index contributed by atoms with van der Waals surface area (Å²) in [6, 6.07) is 5.64. The molecule has 1 aliphatic heterocycles. The van der Waals surface area contributed by atoms with E-state index in [0.29, 0.717) is 5.58 Å². The van der Waals surface area contributed by atoms with Crippen LogP contribution in [-0.4, -0.2) is 22.9 Å². The highest BCUT2D eigenvalue weighted by Gasteiger charge is 2.51. The molecule has 0 radical (unpaired) electrons. The van der Waals surface area contributed by atoms with E-state index in [4.69, 9.17) is 13.7 Å². The van der Waals surface area contributed by atoms with E-state index in [1.54, 1.807) is 10.6 Å². The fourth-order valence-electron chi connectivity index (χ4n) is 2.67. The topological polar surface area (TPSA) is 53.6 Å². The summed E-state index contributed by atoms with van der Waals surface area (Å²) in [6.45, 7) is 12.0. The summed E-state index contributed by atoms with van der Waals surface area (Å²) >= 11 is 0. The van der Waals surface area contributed by atoms with Crippen LogP contribution in [-0.2, 0) is 9.31 Å². The number of aromatic nitrogens is 1. The first-order valence-electron chi connectivity index (χ1n) is 7.63. The number of benzene rings is 1. The molecule has 118 valence electrons. The van der Waals surface area contributed by atoms with E-state index >= 15 is 0 Å². The summed E-state index contributed by atoms with van der Waals surface area (Å²) in [5, 5.41) is 0. The van der Waals surface area contributed by atoms with Crippen LogP contribution in [0.4, 0.5) is 0 Å². The van der Waals surface area contributed by atoms with Crippen LogP contribution in [0.25, 0.3) is 11.1 Å². The minimum absolute atomic E-state index is 0.0299. The predicted molar refractivity (Wildman–Crippen MR) is 86.6 cm³/mol. The van der Waals surface area contributed by atoms with Gasteiger partial charge in [0.15, 0.2) is 5.58 Å². The van der Waals surface area contributed by atoms with Gasteiger partial charge in [0.2, 0.25) is 0 Å². The normalized spacial score (nSPS) is 20.2. The zero-order valence-corrected chi connectivity index (χ0v) is 14.0. The molecule has 0 bridgehead atoms. The molecule has 0 unspecified atom stereocenters. The molecule has 0 aliphatic carbocycles. The van der Waals surface area contributed by atoms with Crippen LogP contribution >= 0.6 is 0 Å². The maximum Gasteiger partial charge on any atom is 0.494 e. The fourth-order valence-corrected chi connectivity index (χ4v) is 2.67. The first kappa shape index (κ1) is 15.4. The van der Waals surface area contributed by atoms with Gasteiger partial charge >= 0.3 is 12.9 Å². The fraction of sp³-hybridized carbons (Fsp3) is 0.562. The number of hydrogen-bond acceptors (Lipinski definition) is 4. The van der Waals surface area contributed by atoms with Crippen molar-refractivity contribution in [1.29, 1.82) is 0 Å². The average molecular weight is 303 g/mol. The second kappa shape index (κ2) is 4.73. The molecule has 0 atom stereocenters. The van der Waals surface area contributed by atoms with Crippen LogP contribution < -0.4 is 11.2 Å². The van der Waals surface area contributed by atoms with Gasteiger partial charge in [0.05, 0.1) is 16.7 Å². The number of rotatable bonds is 2. The molecule has 0 N–H and O–H groups in total. The van der Waals surface area contributed by atoms with E-state index in [0.717, 1.165) is 11.0 Å². The van der Waals surface area contributed by atoms with E-state index in [2.05, 4.69) is 0 Å². The Bertz CT molecular complexity index is 756. The summed E-state index contributed by atoms with van der Waals surface area (Å²) in [5.41, 5.74) is 1.47. The Morgan fingerprint density at radius 2 is 1.68 bits per heavy atom. The molecule has 1 aromatic heterocycles. The molecule has 0 spiro atoms. The third-order valence-corrected chi connectivity index (χ3v) is 4.68. The summed E-state index contributed by atoms with van der Waals surface area (Å²) in [7, 11) is -0.444. The highest BCUT2D eigenvalue weighted by molar-refractivity contribution is 6.62. The number of fused-ring (bicyclic) bond motifs is 1. The summed E-state index contributed by atoms with van der Waals surface area (Å²) in [5.74, 6) is -0.337. The molecule has 0 amide bonds. The third kappa shape index (κ3) is 2.21. The smallest absolute Gasteiger partial charge is 0.408 e. The Kier molecular flexibility index (Phi) is 3.31. The highest BCUT2D eigenvalue weighted by Crippen LogP contribution is 2.36. The lowest BCUT2D eigenvalue weighted by Crippen LogP contribution is -2.41. The second-order valence-corrected chi connectivity index (χ2v) is 7.15. The Balaban J connectivity index is 2.07. The van der Waals surface area contributed by atoms with E-state index in [9.17, 15) is 4.79 Å². The van der Waals surface area contributed by atoms with Gasteiger partial charge in [-0.25, -0.2) is 4.79 Å². The Morgan fingerprint density at radius 3 is 2.23 bits per heavy atom. The minimum atomic E-state index is -0.444. The van der Waals surface area contributed by atoms with Crippen molar-refractivity contribution in [3.8, 4) is 0 Å². The summed E-state index contributed by atoms with van der Waals surface area (Å²) in [4.78, 5) is 12.0. The molecule has 6 heteroatoms. The largest absolute Gasteiger partial charge is 0.494 e. The second-order valence-electron chi connectivity index (χ2n) is 7.15. The van der Waals surface area contributed by atoms with Crippen LogP contribution in [0.2, 0.25) is 0 Å². The van der Waals surface area contributed by atoms with Gasteiger partial charge in [-0.15, -0.1) is 0 Å². The quantitative estimate of drug-likeness (QED) is 0.800. The lowest BCUT2D eigenvalue weighted by molar-refractivity contribution is 0.00578. The molecular formula is C16H22BNO4. The van der Waals surface area contributed by atoms with Crippen molar-refractivity contribution >= 4 is 23.7 Å². The maximum atomic E-state index is 12.0. The van der Waals surface area contributed by atoms with Crippen molar-refractivity contribution in [2.45, 2.75) is 58.8 Å². The van der Waals surface area contributed by atoms with Crippen molar-refractivity contribution in [3.05, 3.63) is 28.7 Å². The monoisotopic (exact) mass is 303 g/mol. The zero-order chi connectivity index (χ0) is 16.3. The van der Waals surface area contributed by atoms with E-state index in [-0.39, 0.29) is 23.0 Å². The van der Waals surface area contributed by atoms with Crippen LogP contribution in [0, 0.1) is 0 Å². The molecule has 1 aromatic carbocycles. The number of hydrogen-bond donors (Lipinski definition) is 0. The van der Waals surface area contributed by atoms with Crippen LogP contribution in [0.5, 0.6) is 0 Å². The lowest BCUT2D eigenvalue weighted by Gasteiger charge is -2.32. The molecule has 0 saturated carbocycles. The molecule has 5 nitrogen and oxygen atoms in total. The van der Waals surface area contributed by atoms with E-state index in [1.807, 2.05) is 53.7 Å². The summed E-state index contributed by atoms with van der Waals surface area (Å²) in [6.07, 6.45) is 0. The van der Waals surface area contributed by atoms with Crippen molar-refractivity contribution in [2.24, 2.45) is 0 Å². The third-order valence-electron chi connectivity index (χ3n) is 4.68. The number of oxazole rings is 1. The SMILES string of the molecule is CC(C)n1c(=O)oc2ccc(B3OC(C)(C)C(C)(C)O3)cc21. The first-order valence-corrected chi connectivity index (χ1v) is 7.63. The number of nitrogens with zero attached hydrogens (tertiary/aromatic N) is 1. The van der Waals surface area contributed by atoms with Gasteiger partial charge in [-0.2, -0.15) is 0 Å². The molecule has 22 heavy (non-hydrogen) atoms. The van der Waals surface area contributed by atoms with Crippen LogP contribution in [0.15, 0.2) is 27.4 Å². The maximum absolute atomic E-state index is 12.0. The Morgan fingerprint density at radius 1 is 1.09 bits per heavy atom. The van der Waals surface area contributed by atoms with Crippen LogP contribution in [0.1, 0.15) is 47.6 Å². The van der Waals surface area contributed by atoms with Gasteiger partial charge in [-0.3, -0.25) is 4.57 Å². The molecule has 1 aliphatic rings. The molecule has 2 aromatic rings. The van der Waals surface area contributed by atoms with Crippen molar-refractivity contribution in [3.63, 3.8) is 0 Å². The van der Waals surface area contributed by atoms with Gasteiger partial charge in [-0.05, 0) is 59.1 Å². The Labute approximate surface area is 130 Å². The van der Waals surface area contributed by atoms with Gasteiger partial charge < -0.3 is 13.7 Å². The van der Waals surface area contributed by atoms with Gasteiger partial charge in [0.25, 0.3) is 0 Å². The minimum Gasteiger partial charge on any atom is -0.408 e. The molecule has 2 heterocycles. The first-order chi connectivity index (χ1) is 10.1. The average Bonchev–Trinajstić information content (AvgIpc) is 2.81. The lowest BCUT2D eigenvalue weighted by atomic mass is 9.79. The van der Waals surface area contributed by atoms with Crippen molar-refractivity contribution in [2.75, 3.05) is 0 Å². The molecule has 3 rings (SSSR count). The van der Waals surface area contributed by atoms with Gasteiger partial charge in [-0.1, -0.05) is 6.07 Å².